The van der Waals surface area contributed by atoms with E-state index in [-0.39, 0.29) is 19.4 Å². The molecule has 0 spiro atoms. The Kier molecular flexibility index (Phi) is 11.2. The van der Waals surface area contributed by atoms with Gasteiger partial charge in [-0.2, -0.15) is 22.0 Å². The molecule has 0 aromatic rings. The Balaban J connectivity index is 3.93. The first kappa shape index (κ1) is 23.1. The van der Waals surface area contributed by atoms with E-state index in [1.165, 1.54) is 0 Å². The number of hydrogen-bond acceptors (Lipinski definition) is 1. The van der Waals surface area contributed by atoms with Crippen molar-refractivity contribution in [3.63, 3.8) is 0 Å². The van der Waals surface area contributed by atoms with Gasteiger partial charge in [-0.3, -0.25) is 4.79 Å². The third-order valence-corrected chi connectivity index (χ3v) is 4.00. The Labute approximate surface area is 139 Å². The number of alkyl halides is 5. The van der Waals surface area contributed by atoms with Gasteiger partial charge in [-0.15, -0.1) is 0 Å². The highest BCUT2D eigenvalue weighted by molar-refractivity contribution is 5.69. The maximum absolute atomic E-state index is 12.8. The van der Waals surface area contributed by atoms with Gasteiger partial charge >= 0.3 is 18.1 Å². The molecular weight excluding hydrogens is 335 g/mol. The van der Waals surface area contributed by atoms with E-state index in [2.05, 4.69) is 0 Å². The van der Waals surface area contributed by atoms with E-state index in [0.29, 0.717) is 12.8 Å². The van der Waals surface area contributed by atoms with E-state index in [1.807, 2.05) is 0 Å². The largest absolute Gasteiger partial charge is 0.481 e. The molecule has 0 aliphatic rings. The van der Waals surface area contributed by atoms with Crippen LogP contribution >= 0.6 is 0 Å². The van der Waals surface area contributed by atoms with Crippen LogP contribution in [0.1, 0.15) is 70.6 Å². The van der Waals surface area contributed by atoms with Crippen LogP contribution in [0.2, 0.25) is 0 Å². The molecular formula is C16H26F5O3. The maximum Gasteiger partial charge on any atom is 0.453 e. The van der Waals surface area contributed by atoms with Gasteiger partial charge in [-0.05, 0) is 25.7 Å². The molecule has 0 heterocycles. The zero-order valence-corrected chi connectivity index (χ0v) is 13.7. The smallest absolute Gasteiger partial charge is 0.453 e. The second kappa shape index (κ2) is 11.6. The third kappa shape index (κ3) is 10.1. The van der Waals surface area contributed by atoms with Crippen LogP contribution in [0, 0.1) is 5.92 Å². The van der Waals surface area contributed by atoms with Crippen molar-refractivity contribution >= 4 is 5.97 Å². The van der Waals surface area contributed by atoms with Crippen molar-refractivity contribution in [3.05, 3.63) is 0 Å². The Hall–Kier alpha value is -0.920. The fourth-order valence-electron chi connectivity index (χ4n) is 2.48. The summed E-state index contributed by atoms with van der Waals surface area (Å²) in [6, 6.07) is 0. The van der Waals surface area contributed by atoms with Crippen molar-refractivity contribution in [2.45, 2.75) is 82.7 Å². The van der Waals surface area contributed by atoms with E-state index in [1.54, 1.807) is 0 Å². The van der Waals surface area contributed by atoms with Gasteiger partial charge in [0.2, 0.25) is 0 Å². The lowest BCUT2D eigenvalue weighted by molar-refractivity contribution is -0.284. The standard InChI is InChI=1S/C16H26F5O3/c17-15(18,16(19,20)21)11-8-10-13(14(23)24)9-6-4-2-1-3-5-7-12-22/h13H,1-12H2,(H,23,24). The molecule has 8 heteroatoms. The van der Waals surface area contributed by atoms with Crippen LogP contribution in [0.15, 0.2) is 0 Å². The molecule has 0 fully saturated rings. The van der Waals surface area contributed by atoms with Gasteiger partial charge in [-0.25, -0.2) is 5.11 Å². The molecule has 0 bridgehead atoms. The summed E-state index contributed by atoms with van der Waals surface area (Å²) in [5.74, 6) is -6.80. The van der Waals surface area contributed by atoms with Gasteiger partial charge in [0.1, 0.15) is 0 Å². The number of carboxylic acid groups (broad SMARTS) is 1. The van der Waals surface area contributed by atoms with Crippen molar-refractivity contribution in [1.82, 2.24) is 0 Å². The number of carbonyl (C=O) groups is 1. The lowest BCUT2D eigenvalue weighted by Crippen LogP contribution is -2.36. The number of halogens is 5. The molecule has 0 rings (SSSR count). The fraction of sp³-hybridized carbons (Fsp3) is 0.938. The van der Waals surface area contributed by atoms with E-state index in [0.717, 1.165) is 32.1 Å². The summed E-state index contributed by atoms with van der Waals surface area (Å²) < 4.78 is 61.6. The third-order valence-electron chi connectivity index (χ3n) is 4.00. The summed E-state index contributed by atoms with van der Waals surface area (Å²) in [5.41, 5.74) is 0. The van der Waals surface area contributed by atoms with Crippen LogP contribution in [0.3, 0.4) is 0 Å². The molecule has 1 atom stereocenters. The van der Waals surface area contributed by atoms with Crippen molar-refractivity contribution in [3.8, 4) is 0 Å². The summed E-state index contributed by atoms with van der Waals surface area (Å²) in [6.45, 7) is -0.0757. The van der Waals surface area contributed by atoms with Crippen LogP contribution in [-0.2, 0) is 9.90 Å². The average Bonchev–Trinajstić information content (AvgIpc) is 2.46. The predicted octanol–water partition coefficient (Wildman–Crippen LogP) is 5.61. The summed E-state index contributed by atoms with van der Waals surface area (Å²) in [7, 11) is 0. The first-order valence-electron chi connectivity index (χ1n) is 8.37. The van der Waals surface area contributed by atoms with Gasteiger partial charge in [0.05, 0.1) is 12.5 Å². The van der Waals surface area contributed by atoms with Gasteiger partial charge in [0.15, 0.2) is 0 Å². The van der Waals surface area contributed by atoms with Crippen LogP contribution in [-0.4, -0.2) is 29.8 Å². The van der Waals surface area contributed by atoms with Crippen LogP contribution in [0.5, 0.6) is 0 Å². The predicted molar refractivity (Wildman–Crippen MR) is 78.5 cm³/mol. The minimum Gasteiger partial charge on any atom is -0.481 e. The molecule has 3 nitrogen and oxygen atoms in total. The molecule has 0 aliphatic carbocycles. The average molecular weight is 361 g/mol. The molecule has 0 aliphatic heterocycles. The lowest BCUT2D eigenvalue weighted by Gasteiger charge is -2.20. The fourth-order valence-corrected chi connectivity index (χ4v) is 2.48. The normalized spacial score (nSPS) is 13.9. The number of carboxylic acids is 1. The van der Waals surface area contributed by atoms with Crippen LogP contribution in [0.25, 0.3) is 0 Å². The van der Waals surface area contributed by atoms with E-state index >= 15 is 0 Å². The maximum atomic E-state index is 12.8. The lowest BCUT2D eigenvalue weighted by atomic mass is 9.94. The minimum absolute atomic E-state index is 0.0757. The molecule has 1 radical (unpaired) electrons. The topological polar surface area (TPSA) is 57.2 Å². The zero-order chi connectivity index (χ0) is 18.6. The van der Waals surface area contributed by atoms with Gasteiger partial charge < -0.3 is 5.11 Å². The summed E-state index contributed by atoms with van der Waals surface area (Å²) >= 11 is 0. The summed E-state index contributed by atoms with van der Waals surface area (Å²) in [5, 5.41) is 19.3. The number of hydrogen-bond donors (Lipinski definition) is 1. The van der Waals surface area contributed by atoms with Gasteiger partial charge in [0, 0.05) is 6.42 Å². The van der Waals surface area contributed by atoms with Gasteiger partial charge in [0.25, 0.3) is 0 Å². The second-order valence-electron chi connectivity index (χ2n) is 6.10. The van der Waals surface area contributed by atoms with Crippen molar-refractivity contribution < 1.29 is 37.0 Å². The van der Waals surface area contributed by atoms with Crippen LogP contribution in [0.4, 0.5) is 22.0 Å². The highest BCUT2D eigenvalue weighted by atomic mass is 19.4. The highest BCUT2D eigenvalue weighted by Crippen LogP contribution is 2.39. The Morgan fingerprint density at radius 2 is 1.25 bits per heavy atom. The van der Waals surface area contributed by atoms with E-state index < -0.39 is 36.8 Å². The van der Waals surface area contributed by atoms with Crippen molar-refractivity contribution in [1.29, 1.82) is 0 Å². The summed E-state index contributed by atoms with van der Waals surface area (Å²) in [4.78, 5) is 11.1. The minimum atomic E-state index is -5.59. The number of unbranched alkanes of at least 4 members (excludes halogenated alkanes) is 6. The zero-order valence-electron chi connectivity index (χ0n) is 13.7. The molecule has 0 amide bonds. The monoisotopic (exact) mass is 361 g/mol. The first-order chi connectivity index (χ1) is 11.1. The number of aliphatic carboxylic acids is 1. The second-order valence-corrected chi connectivity index (χ2v) is 6.10. The molecule has 0 saturated carbocycles. The molecule has 0 saturated heterocycles. The van der Waals surface area contributed by atoms with E-state index in [4.69, 9.17) is 5.11 Å². The molecule has 143 valence electrons. The molecule has 24 heavy (non-hydrogen) atoms. The Morgan fingerprint density at radius 3 is 1.71 bits per heavy atom. The molecule has 1 unspecified atom stereocenters. The SMILES string of the molecule is [O]CCCCCCCCCC(CCCC(F)(F)C(F)(F)F)C(=O)O. The highest BCUT2D eigenvalue weighted by Gasteiger charge is 2.56. The Bertz CT molecular complexity index is 345. The molecule has 0 aromatic heterocycles. The summed E-state index contributed by atoms with van der Waals surface area (Å²) in [6.07, 6.45) is -1.58. The van der Waals surface area contributed by atoms with Crippen LogP contribution < -0.4 is 0 Å². The Morgan fingerprint density at radius 1 is 0.792 bits per heavy atom. The van der Waals surface area contributed by atoms with Crippen molar-refractivity contribution in [2.75, 3.05) is 6.61 Å². The molecule has 1 N–H and O–H groups in total. The first-order valence-corrected chi connectivity index (χ1v) is 8.37. The van der Waals surface area contributed by atoms with Gasteiger partial charge in [-0.1, -0.05) is 38.5 Å². The number of rotatable bonds is 14. The van der Waals surface area contributed by atoms with E-state index in [9.17, 15) is 31.9 Å². The quantitative estimate of drug-likeness (QED) is 0.323. The molecule has 0 aromatic carbocycles. The van der Waals surface area contributed by atoms with Crippen molar-refractivity contribution in [2.24, 2.45) is 5.92 Å².